The molecule has 0 unspecified atom stereocenters. The van der Waals surface area contributed by atoms with E-state index in [-0.39, 0.29) is 28.0 Å². The lowest BCUT2D eigenvalue weighted by Crippen LogP contribution is -2.36. The van der Waals surface area contributed by atoms with Gasteiger partial charge in [-0.3, -0.25) is 10.1 Å². The Balaban J connectivity index is 1.82. The summed E-state index contributed by atoms with van der Waals surface area (Å²) in [5.41, 5.74) is 0.274. The molecule has 0 aromatic heterocycles. The molecule has 0 aliphatic heterocycles. The van der Waals surface area contributed by atoms with Gasteiger partial charge in [-0.15, -0.1) is 0 Å². The van der Waals surface area contributed by atoms with Gasteiger partial charge in [-0.2, -0.15) is 0 Å². The highest BCUT2D eigenvalue weighted by Gasteiger charge is 2.23. The molecule has 1 aliphatic carbocycles. The number of carboxylic acid groups (broad SMARTS) is 1. The molecule has 2 aromatic carbocycles. The predicted octanol–water partition coefficient (Wildman–Crippen LogP) is 4.02. The van der Waals surface area contributed by atoms with Crippen molar-refractivity contribution in [3.05, 3.63) is 58.6 Å². The molecule has 9 nitrogen and oxygen atoms in total. The van der Waals surface area contributed by atoms with Crippen LogP contribution in [0.3, 0.4) is 0 Å². The average molecular weight is 419 g/mol. The van der Waals surface area contributed by atoms with Crippen LogP contribution >= 0.6 is 0 Å². The number of hydrogen-bond acceptors (Lipinski definition) is 5. The number of benzene rings is 2. The monoisotopic (exact) mass is 419 g/mol. The van der Waals surface area contributed by atoms with Gasteiger partial charge in [0.2, 0.25) is 10.0 Å². The highest BCUT2D eigenvalue weighted by molar-refractivity contribution is 7.89. The summed E-state index contributed by atoms with van der Waals surface area (Å²) in [6.45, 7) is 0. The summed E-state index contributed by atoms with van der Waals surface area (Å²) in [6.07, 6.45) is 3.42. The Hall–Kier alpha value is -2.98. The Morgan fingerprint density at radius 2 is 1.52 bits per heavy atom. The molecular weight excluding hydrogens is 398 g/mol. The van der Waals surface area contributed by atoms with Crippen LogP contribution in [0.2, 0.25) is 0 Å². The summed E-state index contributed by atoms with van der Waals surface area (Å²) >= 11 is 0. The molecule has 154 valence electrons. The molecule has 2 aromatic rings. The van der Waals surface area contributed by atoms with Crippen molar-refractivity contribution in [2.75, 3.05) is 4.90 Å². The van der Waals surface area contributed by atoms with Crippen LogP contribution in [0, 0.1) is 10.1 Å². The summed E-state index contributed by atoms with van der Waals surface area (Å²) in [4.78, 5) is 22.9. The minimum absolute atomic E-state index is 0.0564. The quantitative estimate of drug-likeness (QED) is 0.537. The zero-order chi connectivity index (χ0) is 21.0. The van der Waals surface area contributed by atoms with Gasteiger partial charge >= 0.3 is 6.09 Å². The van der Waals surface area contributed by atoms with Gasteiger partial charge in [0.1, 0.15) is 0 Å². The molecule has 0 bridgehead atoms. The summed E-state index contributed by atoms with van der Waals surface area (Å²) in [7, 11) is -3.69. The number of nitrogens with one attached hydrogen (secondary N) is 1. The molecule has 0 heterocycles. The minimum atomic E-state index is -3.69. The van der Waals surface area contributed by atoms with Crippen LogP contribution in [0.5, 0.6) is 0 Å². The van der Waals surface area contributed by atoms with Crippen molar-refractivity contribution in [1.82, 2.24) is 4.72 Å². The lowest BCUT2D eigenvalue weighted by atomic mass is 9.96. The van der Waals surface area contributed by atoms with Crippen LogP contribution in [0.4, 0.5) is 21.9 Å². The first-order valence-electron chi connectivity index (χ1n) is 9.18. The van der Waals surface area contributed by atoms with Crippen LogP contribution in [0.25, 0.3) is 0 Å². The van der Waals surface area contributed by atoms with Crippen molar-refractivity contribution >= 4 is 33.2 Å². The van der Waals surface area contributed by atoms with Crippen LogP contribution in [-0.4, -0.2) is 30.6 Å². The first-order valence-corrected chi connectivity index (χ1v) is 10.7. The fourth-order valence-corrected chi connectivity index (χ4v) is 4.68. The van der Waals surface area contributed by atoms with Crippen molar-refractivity contribution < 1.29 is 23.2 Å². The number of carbonyl (C=O) groups is 1. The molecule has 2 N–H and O–H groups in total. The third kappa shape index (κ3) is 4.90. The summed E-state index contributed by atoms with van der Waals surface area (Å²) < 4.78 is 27.9. The van der Waals surface area contributed by atoms with E-state index >= 15 is 0 Å². The molecule has 0 atom stereocenters. The molecule has 0 spiro atoms. The Labute approximate surface area is 168 Å². The van der Waals surface area contributed by atoms with Gasteiger partial charge in [0.15, 0.2) is 0 Å². The van der Waals surface area contributed by atoms with Crippen molar-refractivity contribution in [3.63, 3.8) is 0 Å². The standard InChI is InChI=1S/C19H21N3O6S/c23-19(24)21(15-6-8-17(9-7-15)22(25)26)16-10-12-18(13-11-16)29(27,28)20-14-4-2-1-3-5-14/h6-14,20H,1-5H2,(H,23,24). The second kappa shape index (κ2) is 8.58. The Morgan fingerprint density at radius 3 is 2.00 bits per heavy atom. The molecule has 10 heteroatoms. The van der Waals surface area contributed by atoms with Crippen molar-refractivity contribution in [2.24, 2.45) is 0 Å². The van der Waals surface area contributed by atoms with Crippen LogP contribution < -0.4 is 9.62 Å². The van der Waals surface area contributed by atoms with E-state index < -0.39 is 21.0 Å². The number of anilines is 2. The molecule has 3 rings (SSSR count). The number of hydrogen-bond donors (Lipinski definition) is 2. The lowest BCUT2D eigenvalue weighted by Gasteiger charge is -2.23. The third-order valence-electron chi connectivity index (χ3n) is 4.84. The topological polar surface area (TPSA) is 130 Å². The summed E-state index contributed by atoms with van der Waals surface area (Å²) in [5, 5.41) is 20.3. The van der Waals surface area contributed by atoms with Crippen molar-refractivity contribution in [3.8, 4) is 0 Å². The maximum atomic E-state index is 12.6. The lowest BCUT2D eigenvalue weighted by molar-refractivity contribution is -0.384. The van der Waals surface area contributed by atoms with E-state index in [2.05, 4.69) is 4.72 Å². The van der Waals surface area contributed by atoms with Gasteiger partial charge in [-0.25, -0.2) is 22.8 Å². The zero-order valence-corrected chi connectivity index (χ0v) is 16.3. The van der Waals surface area contributed by atoms with Gasteiger partial charge in [-0.1, -0.05) is 19.3 Å². The van der Waals surface area contributed by atoms with E-state index in [0.29, 0.717) is 0 Å². The molecule has 1 fully saturated rings. The maximum absolute atomic E-state index is 12.6. The van der Waals surface area contributed by atoms with E-state index in [1.807, 2.05) is 0 Å². The first-order chi connectivity index (χ1) is 13.8. The largest absolute Gasteiger partial charge is 0.464 e. The molecule has 0 saturated heterocycles. The Bertz CT molecular complexity index is 984. The number of nitro groups is 1. The van der Waals surface area contributed by atoms with E-state index in [1.54, 1.807) is 0 Å². The number of non-ortho nitro benzene ring substituents is 1. The highest BCUT2D eigenvalue weighted by atomic mass is 32.2. The number of nitrogens with zero attached hydrogens (tertiary/aromatic N) is 2. The van der Waals surface area contributed by atoms with Crippen molar-refractivity contribution in [1.29, 1.82) is 0 Å². The number of nitro benzene ring substituents is 1. The van der Waals surface area contributed by atoms with Gasteiger partial charge in [0.25, 0.3) is 5.69 Å². The number of sulfonamides is 1. The summed E-state index contributed by atoms with van der Waals surface area (Å²) in [6, 6.07) is 10.5. The van der Waals surface area contributed by atoms with E-state index in [1.165, 1.54) is 48.5 Å². The molecular formula is C19H21N3O6S. The predicted molar refractivity (Wildman–Crippen MR) is 107 cm³/mol. The zero-order valence-electron chi connectivity index (χ0n) is 15.5. The highest BCUT2D eigenvalue weighted by Crippen LogP contribution is 2.28. The maximum Gasteiger partial charge on any atom is 0.416 e. The second-order valence-corrected chi connectivity index (χ2v) is 8.56. The molecule has 1 saturated carbocycles. The van der Waals surface area contributed by atoms with E-state index in [4.69, 9.17) is 0 Å². The fourth-order valence-electron chi connectivity index (χ4n) is 3.38. The van der Waals surface area contributed by atoms with E-state index in [0.717, 1.165) is 37.0 Å². The number of rotatable bonds is 6. The molecule has 1 aliphatic rings. The fraction of sp³-hybridized carbons (Fsp3) is 0.316. The van der Waals surface area contributed by atoms with Crippen LogP contribution in [0.1, 0.15) is 32.1 Å². The van der Waals surface area contributed by atoms with Crippen LogP contribution in [0.15, 0.2) is 53.4 Å². The minimum Gasteiger partial charge on any atom is -0.464 e. The first kappa shape index (κ1) is 20.7. The molecule has 1 amide bonds. The Kier molecular flexibility index (Phi) is 6.14. The van der Waals surface area contributed by atoms with E-state index in [9.17, 15) is 28.4 Å². The Morgan fingerprint density at radius 1 is 1.00 bits per heavy atom. The molecule has 0 radical (unpaired) electrons. The van der Waals surface area contributed by atoms with Gasteiger partial charge < -0.3 is 5.11 Å². The van der Waals surface area contributed by atoms with Crippen LogP contribution in [-0.2, 0) is 10.0 Å². The number of amides is 1. The van der Waals surface area contributed by atoms with Gasteiger partial charge in [0.05, 0.1) is 21.2 Å². The normalized spacial score (nSPS) is 15.0. The van der Waals surface area contributed by atoms with Crippen molar-refractivity contribution in [2.45, 2.75) is 43.0 Å². The smallest absolute Gasteiger partial charge is 0.416 e. The summed E-state index contributed by atoms with van der Waals surface area (Å²) in [5.74, 6) is 0. The van der Waals surface area contributed by atoms with Gasteiger partial charge in [0, 0.05) is 18.2 Å². The average Bonchev–Trinajstić information content (AvgIpc) is 2.69. The SMILES string of the molecule is O=C(O)N(c1ccc([N+](=O)[O-])cc1)c1ccc(S(=O)(=O)NC2CCCCC2)cc1. The second-order valence-electron chi connectivity index (χ2n) is 6.84. The van der Waals surface area contributed by atoms with Gasteiger partial charge in [-0.05, 0) is 49.2 Å². The molecule has 29 heavy (non-hydrogen) atoms. The third-order valence-corrected chi connectivity index (χ3v) is 6.38.